The largest absolute Gasteiger partial charge is 0.410 e. The number of aromatic nitrogens is 3. The Kier molecular flexibility index (Phi) is 5.06. The van der Waals surface area contributed by atoms with E-state index >= 15 is 0 Å². The molecule has 7 heteroatoms. The van der Waals surface area contributed by atoms with Gasteiger partial charge in [-0.15, -0.1) is 21.5 Å². The summed E-state index contributed by atoms with van der Waals surface area (Å²) in [5.41, 5.74) is 3.87. The highest BCUT2D eigenvalue weighted by Crippen LogP contribution is 2.32. The van der Waals surface area contributed by atoms with Crippen molar-refractivity contribution in [1.82, 2.24) is 15.2 Å². The van der Waals surface area contributed by atoms with E-state index in [0.717, 1.165) is 21.1 Å². The first-order valence-corrected chi connectivity index (χ1v) is 9.61. The third-order valence-corrected chi connectivity index (χ3v) is 5.94. The number of Topliss-reactive ketones (excluding diaryl/α,β-unsaturated/α-hetero) is 1. The van der Waals surface area contributed by atoms with Gasteiger partial charge in [-0.05, 0) is 51.8 Å². The number of benzene rings is 1. The Balaban J connectivity index is 1.75. The maximum atomic E-state index is 12.6. The summed E-state index contributed by atoms with van der Waals surface area (Å²) < 4.78 is 5.72. The van der Waals surface area contributed by atoms with Crippen LogP contribution in [-0.2, 0) is 0 Å². The van der Waals surface area contributed by atoms with E-state index in [9.17, 15) is 4.79 Å². The average molecular weight is 374 g/mol. The normalized spacial score (nSPS) is 12.4. The molecule has 0 N–H and O–H groups in total. The second-order valence-corrected chi connectivity index (χ2v) is 8.44. The van der Waals surface area contributed by atoms with Crippen molar-refractivity contribution in [3.63, 3.8) is 0 Å². The Morgan fingerprint density at radius 1 is 1.16 bits per heavy atom. The van der Waals surface area contributed by atoms with Crippen molar-refractivity contribution in [1.29, 1.82) is 0 Å². The maximum absolute atomic E-state index is 12.6. The van der Waals surface area contributed by atoms with Crippen molar-refractivity contribution in [3.8, 4) is 10.8 Å². The van der Waals surface area contributed by atoms with Gasteiger partial charge in [-0.2, -0.15) is 0 Å². The van der Waals surface area contributed by atoms with E-state index in [1.165, 1.54) is 28.7 Å². The zero-order chi connectivity index (χ0) is 18.1. The van der Waals surface area contributed by atoms with Crippen molar-refractivity contribution in [2.45, 2.75) is 45.1 Å². The summed E-state index contributed by atoms with van der Waals surface area (Å²) in [6.07, 6.45) is 0. The first kappa shape index (κ1) is 17.8. The first-order valence-electron chi connectivity index (χ1n) is 7.91. The molecular weight excluding hydrogens is 354 g/mol. The van der Waals surface area contributed by atoms with Gasteiger partial charge < -0.3 is 4.42 Å². The molecule has 3 rings (SSSR count). The Morgan fingerprint density at radius 3 is 2.56 bits per heavy atom. The van der Waals surface area contributed by atoms with Gasteiger partial charge in [0.15, 0.2) is 5.78 Å². The highest BCUT2D eigenvalue weighted by Gasteiger charge is 2.21. The van der Waals surface area contributed by atoms with Gasteiger partial charge in [-0.3, -0.25) is 4.79 Å². The van der Waals surface area contributed by atoms with Gasteiger partial charge in [0.1, 0.15) is 4.88 Å². The average Bonchev–Trinajstić information content (AvgIpc) is 3.15. The summed E-state index contributed by atoms with van der Waals surface area (Å²) in [5.74, 6) is 0.508. The second kappa shape index (κ2) is 7.09. The molecule has 0 amide bonds. The summed E-state index contributed by atoms with van der Waals surface area (Å²) in [6, 6.07) is 5.77. The van der Waals surface area contributed by atoms with Crippen LogP contribution in [0.4, 0.5) is 0 Å². The van der Waals surface area contributed by atoms with Crippen LogP contribution in [0.3, 0.4) is 0 Å². The van der Waals surface area contributed by atoms with Crippen LogP contribution in [0.2, 0.25) is 0 Å². The van der Waals surface area contributed by atoms with E-state index in [2.05, 4.69) is 15.2 Å². The van der Waals surface area contributed by atoms with Gasteiger partial charge in [-0.1, -0.05) is 23.9 Å². The fraction of sp³-hybridized carbons (Fsp3) is 0.333. The molecule has 130 valence electrons. The molecule has 0 bridgehead atoms. The SMILES string of the molecule is Cc1nc(C)c(-c2nnc(S[C@H](C)C(=O)c3ccc(C)c(C)c3)o2)s1. The predicted octanol–water partition coefficient (Wildman–Crippen LogP) is 4.79. The molecule has 0 radical (unpaired) electrons. The maximum Gasteiger partial charge on any atom is 0.277 e. The molecule has 1 atom stereocenters. The van der Waals surface area contributed by atoms with E-state index in [1.807, 2.05) is 52.8 Å². The number of thiazole rings is 1. The van der Waals surface area contributed by atoms with Crippen molar-refractivity contribution < 1.29 is 9.21 Å². The van der Waals surface area contributed by atoms with Gasteiger partial charge >= 0.3 is 0 Å². The van der Waals surface area contributed by atoms with E-state index < -0.39 is 0 Å². The number of carbonyl (C=O) groups excluding carboxylic acids is 1. The lowest BCUT2D eigenvalue weighted by molar-refractivity contribution is 0.0993. The molecule has 0 saturated carbocycles. The van der Waals surface area contributed by atoms with E-state index in [-0.39, 0.29) is 11.0 Å². The molecule has 0 aliphatic rings. The molecule has 0 aliphatic heterocycles. The Morgan fingerprint density at radius 2 is 1.92 bits per heavy atom. The van der Waals surface area contributed by atoms with E-state index in [0.29, 0.717) is 16.7 Å². The number of rotatable bonds is 5. The molecular formula is C18H19N3O2S2. The molecule has 5 nitrogen and oxygen atoms in total. The number of thioether (sulfide) groups is 1. The number of hydrogen-bond acceptors (Lipinski definition) is 7. The topological polar surface area (TPSA) is 68.9 Å². The first-order chi connectivity index (χ1) is 11.8. The van der Waals surface area contributed by atoms with Crippen LogP contribution in [-0.4, -0.2) is 26.2 Å². The fourth-order valence-corrected chi connectivity index (χ4v) is 4.01. The summed E-state index contributed by atoms with van der Waals surface area (Å²) >= 11 is 2.80. The van der Waals surface area contributed by atoms with Crippen molar-refractivity contribution in [2.24, 2.45) is 0 Å². The number of carbonyl (C=O) groups is 1. The molecule has 2 heterocycles. The minimum atomic E-state index is -0.306. The molecule has 0 unspecified atom stereocenters. The highest BCUT2D eigenvalue weighted by molar-refractivity contribution is 8.00. The molecule has 0 spiro atoms. The van der Waals surface area contributed by atoms with E-state index in [1.54, 1.807) is 0 Å². The van der Waals surface area contributed by atoms with E-state index in [4.69, 9.17) is 4.42 Å². The van der Waals surface area contributed by atoms with Gasteiger partial charge in [0.25, 0.3) is 11.1 Å². The zero-order valence-corrected chi connectivity index (χ0v) is 16.4. The van der Waals surface area contributed by atoms with Gasteiger partial charge in [0.05, 0.1) is 16.0 Å². The molecule has 1 aromatic carbocycles. The van der Waals surface area contributed by atoms with Gasteiger partial charge in [-0.25, -0.2) is 4.98 Å². The van der Waals surface area contributed by atoms with Crippen LogP contribution >= 0.6 is 23.1 Å². The monoisotopic (exact) mass is 373 g/mol. The number of hydrogen-bond donors (Lipinski definition) is 0. The number of aryl methyl sites for hydroxylation is 4. The van der Waals surface area contributed by atoms with Crippen LogP contribution in [0, 0.1) is 27.7 Å². The third kappa shape index (κ3) is 3.82. The summed E-state index contributed by atoms with van der Waals surface area (Å²) in [6.45, 7) is 9.76. The molecule has 0 saturated heterocycles. The predicted molar refractivity (Wildman–Crippen MR) is 100 cm³/mol. The van der Waals surface area contributed by atoms with Crippen molar-refractivity contribution >= 4 is 28.9 Å². The second-order valence-electron chi connectivity index (χ2n) is 5.94. The van der Waals surface area contributed by atoms with Crippen LogP contribution in [0.1, 0.15) is 39.1 Å². The smallest absolute Gasteiger partial charge is 0.277 e. The summed E-state index contributed by atoms with van der Waals surface area (Å²) in [4.78, 5) is 17.9. The summed E-state index contributed by atoms with van der Waals surface area (Å²) in [7, 11) is 0. The standard InChI is InChI=1S/C18H19N3O2S2/c1-9-6-7-14(8-10(9)2)15(22)12(4)24-18-21-20-17(23-18)16-11(3)19-13(5)25-16/h6-8,12H,1-5H3/t12-/m1/s1. The van der Waals surface area contributed by atoms with Crippen molar-refractivity contribution in [2.75, 3.05) is 0 Å². The van der Waals surface area contributed by atoms with Crippen molar-refractivity contribution in [3.05, 3.63) is 45.6 Å². The fourth-order valence-electron chi connectivity index (χ4n) is 2.41. The number of ketones is 1. The lowest BCUT2D eigenvalue weighted by Gasteiger charge is -2.09. The Labute approximate surface area is 154 Å². The van der Waals surface area contributed by atoms with Crippen LogP contribution in [0.25, 0.3) is 10.8 Å². The molecule has 2 aromatic heterocycles. The van der Waals surface area contributed by atoms with Gasteiger partial charge in [0.2, 0.25) is 0 Å². The van der Waals surface area contributed by atoms with Crippen LogP contribution in [0.5, 0.6) is 0 Å². The third-order valence-electron chi connectivity index (χ3n) is 3.94. The Hall–Kier alpha value is -1.99. The van der Waals surface area contributed by atoms with Crippen LogP contribution < -0.4 is 0 Å². The van der Waals surface area contributed by atoms with Crippen LogP contribution in [0.15, 0.2) is 27.8 Å². The van der Waals surface area contributed by atoms with Gasteiger partial charge in [0, 0.05) is 5.56 Å². The lowest BCUT2D eigenvalue weighted by Crippen LogP contribution is -2.13. The highest BCUT2D eigenvalue weighted by atomic mass is 32.2. The molecule has 0 aliphatic carbocycles. The lowest BCUT2D eigenvalue weighted by atomic mass is 10.0. The quantitative estimate of drug-likeness (QED) is 0.473. The minimum Gasteiger partial charge on any atom is -0.410 e. The number of nitrogens with zero attached hydrogens (tertiary/aromatic N) is 3. The zero-order valence-electron chi connectivity index (χ0n) is 14.8. The summed E-state index contributed by atoms with van der Waals surface area (Å²) in [5, 5.41) is 9.20. The molecule has 0 fully saturated rings. The molecule has 3 aromatic rings. The Bertz CT molecular complexity index is 930. The minimum absolute atomic E-state index is 0.0534. The molecule has 25 heavy (non-hydrogen) atoms.